The lowest BCUT2D eigenvalue weighted by Crippen LogP contribution is -2.54. The highest BCUT2D eigenvalue weighted by molar-refractivity contribution is 4.95. The Morgan fingerprint density at radius 1 is 1.22 bits per heavy atom. The van der Waals surface area contributed by atoms with Crippen molar-refractivity contribution in [2.75, 3.05) is 13.6 Å². The van der Waals surface area contributed by atoms with Crippen molar-refractivity contribution >= 4 is 0 Å². The predicted molar refractivity (Wildman–Crippen MR) is 78.8 cm³/mol. The Hall–Kier alpha value is -0.0800. The molecule has 0 spiro atoms. The Bertz CT molecular complexity index is 251. The first-order valence-corrected chi connectivity index (χ1v) is 8.10. The fraction of sp³-hybridized carbons (Fsp3) is 1.00. The Labute approximate surface area is 114 Å². The van der Waals surface area contributed by atoms with Crippen LogP contribution in [0.25, 0.3) is 0 Å². The van der Waals surface area contributed by atoms with E-state index in [-0.39, 0.29) is 0 Å². The first-order valence-electron chi connectivity index (χ1n) is 8.10. The minimum absolute atomic E-state index is 0.729. The standard InChI is InChI=1S/C16H32N2/c1-5-14-7-6-10-18(14)16-11-13(12(2)3)8-9-15(16)17-4/h12-17H,5-11H2,1-4H3. The van der Waals surface area contributed by atoms with Crippen molar-refractivity contribution in [2.24, 2.45) is 11.8 Å². The molecule has 1 aliphatic heterocycles. The van der Waals surface area contributed by atoms with E-state index in [0.717, 1.165) is 30.0 Å². The molecule has 1 aliphatic carbocycles. The highest BCUT2D eigenvalue weighted by Gasteiger charge is 2.38. The Balaban J connectivity index is 2.05. The van der Waals surface area contributed by atoms with Crippen molar-refractivity contribution in [2.45, 2.75) is 77.4 Å². The van der Waals surface area contributed by atoms with Crippen LogP contribution in [0.3, 0.4) is 0 Å². The largest absolute Gasteiger partial charge is 0.315 e. The summed E-state index contributed by atoms with van der Waals surface area (Å²) < 4.78 is 0. The Kier molecular flexibility index (Phi) is 5.08. The third-order valence-corrected chi connectivity index (χ3v) is 5.49. The first kappa shape index (κ1) is 14.3. The molecule has 0 aromatic carbocycles. The van der Waals surface area contributed by atoms with Crippen LogP contribution in [-0.4, -0.2) is 36.6 Å². The van der Waals surface area contributed by atoms with Crippen LogP contribution in [0.5, 0.6) is 0 Å². The minimum atomic E-state index is 0.729. The van der Waals surface area contributed by atoms with Gasteiger partial charge in [-0.1, -0.05) is 20.8 Å². The molecule has 0 bridgehead atoms. The summed E-state index contributed by atoms with van der Waals surface area (Å²) in [5, 5.41) is 3.59. The van der Waals surface area contributed by atoms with E-state index in [2.05, 4.69) is 38.0 Å². The van der Waals surface area contributed by atoms with E-state index in [1.165, 1.54) is 45.1 Å². The zero-order valence-electron chi connectivity index (χ0n) is 12.8. The second kappa shape index (κ2) is 6.38. The van der Waals surface area contributed by atoms with E-state index in [1.54, 1.807) is 0 Å². The average molecular weight is 252 g/mol. The molecule has 1 saturated carbocycles. The molecule has 4 unspecified atom stereocenters. The van der Waals surface area contributed by atoms with Gasteiger partial charge in [0.1, 0.15) is 0 Å². The lowest BCUT2D eigenvalue weighted by molar-refractivity contribution is 0.0749. The highest BCUT2D eigenvalue weighted by atomic mass is 15.2. The van der Waals surface area contributed by atoms with Crippen LogP contribution in [0.1, 0.15) is 59.3 Å². The van der Waals surface area contributed by atoms with Crippen molar-refractivity contribution in [1.82, 2.24) is 10.2 Å². The van der Waals surface area contributed by atoms with Gasteiger partial charge in [0.15, 0.2) is 0 Å². The van der Waals surface area contributed by atoms with Gasteiger partial charge in [-0.3, -0.25) is 4.90 Å². The molecule has 2 heteroatoms. The van der Waals surface area contributed by atoms with Gasteiger partial charge in [0, 0.05) is 18.1 Å². The fourth-order valence-electron chi connectivity index (χ4n) is 4.22. The lowest BCUT2D eigenvalue weighted by atomic mass is 9.76. The summed E-state index contributed by atoms with van der Waals surface area (Å²) in [6, 6.07) is 2.38. The van der Waals surface area contributed by atoms with Gasteiger partial charge in [-0.25, -0.2) is 0 Å². The third-order valence-electron chi connectivity index (χ3n) is 5.49. The normalized spacial score (nSPS) is 38.5. The smallest absolute Gasteiger partial charge is 0.0254 e. The third kappa shape index (κ3) is 2.91. The van der Waals surface area contributed by atoms with Gasteiger partial charge >= 0.3 is 0 Å². The topological polar surface area (TPSA) is 15.3 Å². The lowest BCUT2D eigenvalue weighted by Gasteiger charge is -2.44. The maximum atomic E-state index is 3.59. The Morgan fingerprint density at radius 3 is 2.61 bits per heavy atom. The number of nitrogens with one attached hydrogen (secondary N) is 1. The number of hydrogen-bond acceptors (Lipinski definition) is 2. The van der Waals surface area contributed by atoms with Gasteiger partial charge in [-0.2, -0.15) is 0 Å². The van der Waals surface area contributed by atoms with E-state index < -0.39 is 0 Å². The second-order valence-electron chi connectivity index (χ2n) is 6.72. The molecular formula is C16H32N2. The summed E-state index contributed by atoms with van der Waals surface area (Å²) in [5.41, 5.74) is 0. The summed E-state index contributed by atoms with van der Waals surface area (Å²) in [5.74, 6) is 1.80. The number of hydrogen-bond donors (Lipinski definition) is 1. The summed E-state index contributed by atoms with van der Waals surface area (Å²) in [4.78, 5) is 2.84. The molecule has 0 aromatic heterocycles. The predicted octanol–water partition coefficient (Wildman–Crippen LogP) is 3.27. The molecule has 4 atom stereocenters. The van der Waals surface area contributed by atoms with E-state index in [4.69, 9.17) is 0 Å². The van der Waals surface area contributed by atoms with Crippen LogP contribution in [0, 0.1) is 11.8 Å². The van der Waals surface area contributed by atoms with E-state index in [9.17, 15) is 0 Å². The molecule has 1 N–H and O–H groups in total. The molecule has 0 aromatic rings. The van der Waals surface area contributed by atoms with Gasteiger partial charge in [-0.05, 0) is 64.0 Å². The zero-order valence-corrected chi connectivity index (χ0v) is 12.8. The fourth-order valence-corrected chi connectivity index (χ4v) is 4.22. The molecule has 1 heterocycles. The van der Waals surface area contributed by atoms with Gasteiger partial charge in [0.2, 0.25) is 0 Å². The van der Waals surface area contributed by atoms with Crippen LogP contribution < -0.4 is 5.32 Å². The average Bonchev–Trinajstić information content (AvgIpc) is 2.85. The molecule has 2 fully saturated rings. The van der Waals surface area contributed by atoms with Crippen LogP contribution in [-0.2, 0) is 0 Å². The van der Waals surface area contributed by atoms with Crippen molar-refractivity contribution in [1.29, 1.82) is 0 Å². The van der Waals surface area contributed by atoms with Crippen molar-refractivity contribution in [3.63, 3.8) is 0 Å². The number of rotatable bonds is 4. The molecule has 18 heavy (non-hydrogen) atoms. The van der Waals surface area contributed by atoms with E-state index >= 15 is 0 Å². The number of likely N-dealkylation sites (N-methyl/N-ethyl adjacent to an activating group) is 1. The van der Waals surface area contributed by atoms with E-state index in [1.807, 2.05) is 0 Å². The summed E-state index contributed by atoms with van der Waals surface area (Å²) >= 11 is 0. The van der Waals surface area contributed by atoms with Gasteiger partial charge in [0.05, 0.1) is 0 Å². The molecule has 2 aliphatic rings. The monoisotopic (exact) mass is 252 g/mol. The quantitative estimate of drug-likeness (QED) is 0.826. The van der Waals surface area contributed by atoms with Gasteiger partial charge in [0.25, 0.3) is 0 Å². The maximum Gasteiger partial charge on any atom is 0.0254 e. The number of nitrogens with zero attached hydrogens (tertiary/aromatic N) is 1. The van der Waals surface area contributed by atoms with Gasteiger partial charge in [-0.15, -0.1) is 0 Å². The van der Waals surface area contributed by atoms with Crippen molar-refractivity contribution < 1.29 is 0 Å². The van der Waals surface area contributed by atoms with Crippen LogP contribution >= 0.6 is 0 Å². The molecule has 0 radical (unpaired) electrons. The summed E-state index contributed by atoms with van der Waals surface area (Å²) in [6.45, 7) is 8.51. The van der Waals surface area contributed by atoms with Crippen LogP contribution in [0.15, 0.2) is 0 Å². The first-order chi connectivity index (χ1) is 8.67. The maximum absolute atomic E-state index is 3.59. The molecule has 2 rings (SSSR count). The van der Waals surface area contributed by atoms with Crippen LogP contribution in [0.2, 0.25) is 0 Å². The number of likely N-dealkylation sites (tertiary alicyclic amines) is 1. The second-order valence-corrected chi connectivity index (χ2v) is 6.72. The van der Waals surface area contributed by atoms with Gasteiger partial charge < -0.3 is 5.32 Å². The summed E-state index contributed by atoms with van der Waals surface area (Å²) in [7, 11) is 2.16. The summed E-state index contributed by atoms with van der Waals surface area (Å²) in [6.07, 6.45) is 8.38. The molecule has 0 amide bonds. The zero-order chi connectivity index (χ0) is 13.1. The van der Waals surface area contributed by atoms with Crippen molar-refractivity contribution in [3.8, 4) is 0 Å². The van der Waals surface area contributed by atoms with Crippen LogP contribution in [0.4, 0.5) is 0 Å². The molecule has 2 nitrogen and oxygen atoms in total. The molecule has 106 valence electrons. The Morgan fingerprint density at radius 2 is 2.00 bits per heavy atom. The highest BCUT2D eigenvalue weighted by Crippen LogP contribution is 2.36. The van der Waals surface area contributed by atoms with Crippen molar-refractivity contribution in [3.05, 3.63) is 0 Å². The molecule has 1 saturated heterocycles. The SMILES string of the molecule is CCC1CCCN1C1CC(C(C)C)CCC1NC. The van der Waals surface area contributed by atoms with E-state index in [0.29, 0.717) is 0 Å². The minimum Gasteiger partial charge on any atom is -0.315 e. The molecular weight excluding hydrogens is 220 g/mol.